The molecule has 20 heavy (non-hydrogen) atoms. The number of benzene rings is 1. The Labute approximate surface area is 118 Å². The molecule has 4 nitrogen and oxygen atoms in total. The number of nitrogens with zero attached hydrogens (tertiary/aromatic N) is 2. The van der Waals surface area contributed by atoms with Crippen molar-refractivity contribution >= 4 is 5.91 Å². The van der Waals surface area contributed by atoms with Gasteiger partial charge in [-0.15, -0.1) is 0 Å². The zero-order chi connectivity index (χ0) is 14.7. The lowest BCUT2D eigenvalue weighted by molar-refractivity contribution is 0.0951. The van der Waals surface area contributed by atoms with Crippen LogP contribution in [0.2, 0.25) is 0 Å². The first-order valence-electron chi connectivity index (χ1n) is 6.43. The van der Waals surface area contributed by atoms with E-state index in [4.69, 9.17) is 5.26 Å². The van der Waals surface area contributed by atoms with Gasteiger partial charge in [-0.25, -0.2) is 0 Å². The molecule has 0 fully saturated rings. The summed E-state index contributed by atoms with van der Waals surface area (Å²) in [6.07, 6.45) is 0. The van der Waals surface area contributed by atoms with E-state index in [9.17, 15) is 4.79 Å². The maximum Gasteiger partial charge on any atom is 0.251 e. The minimum atomic E-state index is -0.164. The molecule has 0 unspecified atom stereocenters. The minimum Gasteiger partial charge on any atom is -0.352 e. The Balaban J connectivity index is 2.09. The number of hydrogen-bond acceptors (Lipinski definition) is 2. The van der Waals surface area contributed by atoms with Crippen LogP contribution in [0, 0.1) is 25.2 Å². The molecule has 1 aromatic carbocycles. The number of aryl methyl sites for hydroxylation is 1. The van der Waals surface area contributed by atoms with Crippen molar-refractivity contribution in [2.75, 3.05) is 0 Å². The van der Waals surface area contributed by atoms with E-state index in [0.29, 0.717) is 17.7 Å². The maximum absolute atomic E-state index is 12.1. The van der Waals surface area contributed by atoms with E-state index < -0.39 is 0 Å². The van der Waals surface area contributed by atoms with E-state index >= 15 is 0 Å². The van der Waals surface area contributed by atoms with Crippen molar-refractivity contribution < 1.29 is 4.79 Å². The Kier molecular flexibility index (Phi) is 3.90. The molecule has 0 aliphatic heterocycles. The average molecular weight is 267 g/mol. The van der Waals surface area contributed by atoms with Gasteiger partial charge < -0.3 is 9.88 Å². The largest absolute Gasteiger partial charge is 0.352 e. The van der Waals surface area contributed by atoms with Crippen LogP contribution in [0.25, 0.3) is 0 Å². The van der Waals surface area contributed by atoms with Gasteiger partial charge in [-0.2, -0.15) is 5.26 Å². The van der Waals surface area contributed by atoms with Crippen LogP contribution in [-0.4, -0.2) is 10.5 Å². The van der Waals surface area contributed by atoms with Crippen LogP contribution in [0.5, 0.6) is 0 Å². The second kappa shape index (κ2) is 5.62. The highest BCUT2D eigenvalue weighted by molar-refractivity contribution is 5.94. The fourth-order valence-electron chi connectivity index (χ4n) is 2.12. The summed E-state index contributed by atoms with van der Waals surface area (Å²) in [5.74, 6) is -0.164. The van der Waals surface area contributed by atoms with Gasteiger partial charge in [-0.1, -0.05) is 6.07 Å². The van der Waals surface area contributed by atoms with Crippen molar-refractivity contribution in [3.63, 3.8) is 0 Å². The molecule has 0 atom stereocenters. The maximum atomic E-state index is 12.1. The van der Waals surface area contributed by atoms with Gasteiger partial charge in [0.05, 0.1) is 11.6 Å². The SMILES string of the molecule is Cc1cc(CNC(=O)c2cccc(C#N)c2)c(C)n1C. The quantitative estimate of drug-likeness (QED) is 0.928. The number of carbonyl (C=O) groups excluding carboxylic acids is 1. The first-order valence-corrected chi connectivity index (χ1v) is 6.43. The van der Waals surface area contributed by atoms with Gasteiger partial charge in [0.25, 0.3) is 5.91 Å². The molecule has 0 radical (unpaired) electrons. The number of hydrogen-bond donors (Lipinski definition) is 1. The molecule has 1 heterocycles. The van der Waals surface area contributed by atoms with Gasteiger partial charge in [-0.05, 0) is 43.7 Å². The van der Waals surface area contributed by atoms with E-state index in [1.807, 2.05) is 27.0 Å². The summed E-state index contributed by atoms with van der Waals surface area (Å²) < 4.78 is 2.10. The Hall–Kier alpha value is -2.54. The third kappa shape index (κ3) is 2.72. The summed E-state index contributed by atoms with van der Waals surface area (Å²) in [6, 6.07) is 10.8. The van der Waals surface area contributed by atoms with E-state index in [-0.39, 0.29) is 5.91 Å². The summed E-state index contributed by atoms with van der Waals surface area (Å²) >= 11 is 0. The van der Waals surface area contributed by atoms with Gasteiger partial charge >= 0.3 is 0 Å². The highest BCUT2D eigenvalue weighted by atomic mass is 16.1. The lowest BCUT2D eigenvalue weighted by Gasteiger charge is -2.06. The number of nitriles is 1. The highest BCUT2D eigenvalue weighted by Gasteiger charge is 2.09. The fourth-order valence-corrected chi connectivity index (χ4v) is 2.12. The standard InChI is InChI=1S/C16H17N3O/c1-11-7-15(12(2)19(11)3)10-18-16(20)14-6-4-5-13(8-14)9-17/h4-8H,10H2,1-3H3,(H,18,20). The molecule has 4 heteroatoms. The molecular weight excluding hydrogens is 250 g/mol. The third-order valence-electron chi connectivity index (χ3n) is 3.57. The molecule has 0 saturated heterocycles. The summed E-state index contributed by atoms with van der Waals surface area (Å²) in [6.45, 7) is 4.56. The zero-order valence-corrected chi connectivity index (χ0v) is 11.9. The van der Waals surface area contributed by atoms with Crippen molar-refractivity contribution in [3.05, 3.63) is 58.4 Å². The van der Waals surface area contributed by atoms with Crippen molar-refractivity contribution in [3.8, 4) is 6.07 Å². The van der Waals surface area contributed by atoms with Gasteiger partial charge in [0.15, 0.2) is 0 Å². The molecule has 0 aliphatic rings. The molecule has 0 spiro atoms. The Morgan fingerprint density at radius 3 is 2.70 bits per heavy atom. The average Bonchev–Trinajstić information content (AvgIpc) is 2.72. The van der Waals surface area contributed by atoms with Gasteiger partial charge in [-0.3, -0.25) is 4.79 Å². The van der Waals surface area contributed by atoms with Gasteiger partial charge in [0.2, 0.25) is 0 Å². The van der Waals surface area contributed by atoms with Crippen LogP contribution < -0.4 is 5.32 Å². The number of nitrogens with one attached hydrogen (secondary N) is 1. The van der Waals surface area contributed by atoms with Crippen molar-refractivity contribution in [1.82, 2.24) is 9.88 Å². The molecule has 0 bridgehead atoms. The first kappa shape index (κ1) is 13.9. The molecule has 1 N–H and O–H groups in total. The smallest absolute Gasteiger partial charge is 0.251 e. The van der Waals surface area contributed by atoms with Crippen LogP contribution in [-0.2, 0) is 13.6 Å². The number of rotatable bonds is 3. The monoisotopic (exact) mass is 267 g/mol. The normalized spacial score (nSPS) is 10.1. The Morgan fingerprint density at radius 1 is 1.35 bits per heavy atom. The van der Waals surface area contributed by atoms with Crippen LogP contribution in [0.15, 0.2) is 30.3 Å². The predicted molar refractivity (Wildman–Crippen MR) is 77.2 cm³/mol. The summed E-state index contributed by atoms with van der Waals surface area (Å²) in [7, 11) is 2.01. The van der Waals surface area contributed by atoms with Crippen molar-refractivity contribution in [1.29, 1.82) is 5.26 Å². The Morgan fingerprint density at radius 2 is 2.10 bits per heavy atom. The topological polar surface area (TPSA) is 57.8 Å². The van der Waals surface area contributed by atoms with Crippen LogP contribution >= 0.6 is 0 Å². The molecule has 1 aromatic heterocycles. The highest BCUT2D eigenvalue weighted by Crippen LogP contribution is 2.13. The summed E-state index contributed by atoms with van der Waals surface area (Å²) in [4.78, 5) is 12.1. The molecular formula is C16H17N3O. The van der Waals surface area contributed by atoms with E-state index in [2.05, 4.69) is 16.0 Å². The number of carbonyl (C=O) groups is 1. The van der Waals surface area contributed by atoms with E-state index in [1.54, 1.807) is 24.3 Å². The molecule has 1 amide bonds. The van der Waals surface area contributed by atoms with E-state index in [1.165, 1.54) is 5.69 Å². The summed E-state index contributed by atoms with van der Waals surface area (Å²) in [5, 5.41) is 11.7. The number of amides is 1. The molecule has 0 aliphatic carbocycles. The van der Waals surface area contributed by atoms with Gasteiger partial charge in [0.1, 0.15) is 0 Å². The lowest BCUT2D eigenvalue weighted by atomic mass is 10.1. The first-order chi connectivity index (χ1) is 9.52. The molecule has 0 saturated carbocycles. The van der Waals surface area contributed by atoms with Gasteiger partial charge in [0, 0.05) is 30.5 Å². The van der Waals surface area contributed by atoms with Crippen molar-refractivity contribution in [2.45, 2.75) is 20.4 Å². The number of aromatic nitrogens is 1. The zero-order valence-electron chi connectivity index (χ0n) is 11.9. The van der Waals surface area contributed by atoms with Crippen molar-refractivity contribution in [2.24, 2.45) is 7.05 Å². The van der Waals surface area contributed by atoms with Crippen LogP contribution in [0.4, 0.5) is 0 Å². The molecule has 2 rings (SSSR count). The lowest BCUT2D eigenvalue weighted by Crippen LogP contribution is -2.23. The predicted octanol–water partition coefficient (Wildman–Crippen LogP) is 2.44. The van der Waals surface area contributed by atoms with Crippen LogP contribution in [0.3, 0.4) is 0 Å². The minimum absolute atomic E-state index is 0.164. The van der Waals surface area contributed by atoms with Crippen LogP contribution in [0.1, 0.15) is 32.9 Å². The third-order valence-corrected chi connectivity index (χ3v) is 3.57. The van der Waals surface area contributed by atoms with E-state index in [0.717, 1.165) is 11.3 Å². The Bertz CT molecular complexity index is 692. The second-order valence-electron chi connectivity index (χ2n) is 4.83. The molecule has 102 valence electrons. The molecule has 2 aromatic rings. The summed E-state index contributed by atoms with van der Waals surface area (Å²) in [5.41, 5.74) is 4.42. The fraction of sp³-hybridized carbons (Fsp3) is 0.250. The second-order valence-corrected chi connectivity index (χ2v) is 4.83.